The van der Waals surface area contributed by atoms with Crippen molar-refractivity contribution in [3.63, 3.8) is 0 Å². The number of carbonyl (C=O) groups excluding carboxylic acids is 1. The molecule has 0 aliphatic heterocycles. The van der Waals surface area contributed by atoms with Crippen LogP contribution in [0, 0.1) is 6.92 Å². The number of allylic oxidation sites excluding steroid dienone is 1. The Morgan fingerprint density at radius 1 is 1.42 bits per heavy atom. The molecule has 0 spiro atoms. The van der Waals surface area contributed by atoms with Gasteiger partial charge in [-0.05, 0) is 36.8 Å². The highest BCUT2D eigenvalue weighted by Gasteiger charge is 2.10. The number of hydrogen-bond donors (Lipinski definition) is 1. The first-order valence-electron chi connectivity index (χ1n) is 5.54. The number of nitrogens with zero attached hydrogens (tertiary/aromatic N) is 1. The molecule has 0 unspecified atom stereocenters. The first kappa shape index (κ1) is 13.2. The Morgan fingerprint density at radius 2 is 2.21 bits per heavy atom. The molecule has 0 aromatic carbocycles. The van der Waals surface area contributed by atoms with E-state index >= 15 is 0 Å². The fourth-order valence-corrected chi connectivity index (χ4v) is 2.25. The number of carboxylic acid groups (broad SMARTS) is 1. The van der Waals surface area contributed by atoms with Gasteiger partial charge in [-0.1, -0.05) is 6.07 Å². The molecule has 5 heteroatoms. The Bertz CT molecular complexity index is 658. The van der Waals surface area contributed by atoms with Gasteiger partial charge in [0, 0.05) is 22.8 Å². The molecule has 2 aromatic heterocycles. The van der Waals surface area contributed by atoms with Crippen molar-refractivity contribution in [1.29, 1.82) is 0 Å². The van der Waals surface area contributed by atoms with Crippen molar-refractivity contribution in [2.45, 2.75) is 6.92 Å². The highest BCUT2D eigenvalue weighted by Crippen LogP contribution is 2.16. The van der Waals surface area contributed by atoms with Crippen LogP contribution in [0.15, 0.2) is 35.9 Å². The summed E-state index contributed by atoms with van der Waals surface area (Å²) in [5.74, 6) is -1.23. The molecule has 4 nitrogen and oxygen atoms in total. The van der Waals surface area contributed by atoms with Gasteiger partial charge < -0.3 is 5.11 Å². The third-order valence-electron chi connectivity index (χ3n) is 2.56. The van der Waals surface area contributed by atoms with E-state index in [1.807, 2.05) is 13.0 Å². The summed E-state index contributed by atoms with van der Waals surface area (Å²) in [6, 6.07) is 5.04. The van der Waals surface area contributed by atoms with E-state index in [2.05, 4.69) is 4.98 Å². The molecule has 2 aromatic rings. The van der Waals surface area contributed by atoms with Crippen LogP contribution >= 0.6 is 11.3 Å². The monoisotopic (exact) mass is 273 g/mol. The molecule has 0 bridgehead atoms. The molecular formula is C14H11NO3S. The number of ketones is 1. The summed E-state index contributed by atoms with van der Waals surface area (Å²) in [5.41, 5.74) is 2.09. The van der Waals surface area contributed by atoms with Crippen LogP contribution in [0.2, 0.25) is 0 Å². The van der Waals surface area contributed by atoms with Crippen molar-refractivity contribution < 1.29 is 14.7 Å². The molecule has 0 saturated carbocycles. The summed E-state index contributed by atoms with van der Waals surface area (Å²) in [5, 5.41) is 10.3. The summed E-state index contributed by atoms with van der Waals surface area (Å²) in [6.45, 7) is 1.86. The van der Waals surface area contributed by atoms with E-state index in [0.29, 0.717) is 5.56 Å². The average molecular weight is 273 g/mol. The quantitative estimate of drug-likeness (QED) is 0.686. The molecule has 96 valence electrons. The van der Waals surface area contributed by atoms with E-state index in [0.717, 1.165) is 22.6 Å². The molecule has 2 rings (SSSR count). The standard InChI is InChI=1S/C14H11NO3S/c1-9-10(3-2-6-15-9)4-5-12(16)11-7-13(14(17)18)19-8-11/h2-8H,1H3,(H,17,18). The minimum absolute atomic E-state index is 0.161. The van der Waals surface area contributed by atoms with Gasteiger partial charge in [0.05, 0.1) is 0 Å². The lowest BCUT2D eigenvalue weighted by molar-refractivity contribution is 0.0702. The summed E-state index contributed by atoms with van der Waals surface area (Å²) >= 11 is 1.04. The topological polar surface area (TPSA) is 67.3 Å². The van der Waals surface area contributed by atoms with Crippen LogP contribution in [-0.4, -0.2) is 21.8 Å². The van der Waals surface area contributed by atoms with Crippen molar-refractivity contribution >= 4 is 29.2 Å². The number of aromatic carboxylic acids is 1. The summed E-state index contributed by atoms with van der Waals surface area (Å²) in [4.78, 5) is 26.9. The van der Waals surface area contributed by atoms with Crippen molar-refractivity contribution in [2.75, 3.05) is 0 Å². The molecule has 0 saturated heterocycles. The number of hydrogen-bond acceptors (Lipinski definition) is 4. The van der Waals surface area contributed by atoms with Crippen molar-refractivity contribution in [3.8, 4) is 0 Å². The van der Waals surface area contributed by atoms with Gasteiger partial charge in [-0.25, -0.2) is 4.79 Å². The largest absolute Gasteiger partial charge is 0.477 e. The van der Waals surface area contributed by atoms with E-state index in [4.69, 9.17) is 5.11 Å². The Hall–Kier alpha value is -2.27. The van der Waals surface area contributed by atoms with Gasteiger partial charge >= 0.3 is 5.97 Å². The van der Waals surface area contributed by atoms with Crippen LogP contribution in [0.1, 0.15) is 31.3 Å². The Morgan fingerprint density at radius 3 is 2.84 bits per heavy atom. The van der Waals surface area contributed by atoms with Gasteiger partial charge in [-0.15, -0.1) is 11.3 Å². The van der Waals surface area contributed by atoms with Crippen LogP contribution in [0.3, 0.4) is 0 Å². The Balaban J connectivity index is 2.17. The van der Waals surface area contributed by atoms with Crippen LogP contribution < -0.4 is 0 Å². The maximum atomic E-state index is 11.9. The van der Waals surface area contributed by atoms with Crippen LogP contribution in [0.4, 0.5) is 0 Å². The lowest BCUT2D eigenvalue weighted by Gasteiger charge is -1.96. The fraction of sp³-hybridized carbons (Fsp3) is 0.0714. The highest BCUT2D eigenvalue weighted by molar-refractivity contribution is 7.12. The second-order valence-corrected chi connectivity index (χ2v) is 4.79. The smallest absolute Gasteiger partial charge is 0.345 e. The van der Waals surface area contributed by atoms with Gasteiger partial charge in [0.2, 0.25) is 0 Å². The maximum Gasteiger partial charge on any atom is 0.345 e. The van der Waals surface area contributed by atoms with Gasteiger partial charge in [-0.2, -0.15) is 0 Å². The predicted molar refractivity (Wildman–Crippen MR) is 73.6 cm³/mol. The van der Waals surface area contributed by atoms with E-state index in [9.17, 15) is 9.59 Å². The summed E-state index contributed by atoms with van der Waals surface area (Å²) in [7, 11) is 0. The number of pyridine rings is 1. The number of aromatic nitrogens is 1. The molecule has 1 N–H and O–H groups in total. The van der Waals surface area contributed by atoms with E-state index in [-0.39, 0.29) is 10.7 Å². The fourth-order valence-electron chi connectivity index (χ4n) is 1.51. The SMILES string of the molecule is Cc1ncccc1C=CC(=O)c1csc(C(=O)O)c1. The van der Waals surface area contributed by atoms with E-state index in [1.54, 1.807) is 23.7 Å². The zero-order chi connectivity index (χ0) is 13.8. The first-order chi connectivity index (χ1) is 9.08. The third kappa shape index (κ3) is 3.14. The van der Waals surface area contributed by atoms with Crippen molar-refractivity contribution in [1.82, 2.24) is 4.98 Å². The Kier molecular flexibility index (Phi) is 3.87. The lowest BCUT2D eigenvalue weighted by atomic mass is 10.1. The molecule has 0 amide bonds. The predicted octanol–water partition coefficient (Wildman–Crippen LogP) is 3.05. The minimum Gasteiger partial charge on any atom is -0.477 e. The molecule has 0 aliphatic rings. The van der Waals surface area contributed by atoms with Gasteiger partial charge in [0.25, 0.3) is 0 Å². The van der Waals surface area contributed by atoms with Gasteiger partial charge in [0.1, 0.15) is 4.88 Å². The van der Waals surface area contributed by atoms with Gasteiger partial charge in [-0.3, -0.25) is 9.78 Å². The summed E-state index contributed by atoms with van der Waals surface area (Å²) in [6.07, 6.45) is 4.80. The van der Waals surface area contributed by atoms with E-state index < -0.39 is 5.97 Å². The number of carboxylic acids is 1. The number of thiophene rings is 1. The second kappa shape index (κ2) is 5.58. The Labute approximate surface area is 114 Å². The third-order valence-corrected chi connectivity index (χ3v) is 3.48. The number of aryl methyl sites for hydroxylation is 1. The zero-order valence-corrected chi connectivity index (χ0v) is 11.0. The van der Waals surface area contributed by atoms with Crippen LogP contribution in [0.25, 0.3) is 6.08 Å². The summed E-state index contributed by atoms with van der Waals surface area (Å²) < 4.78 is 0. The molecule has 0 fully saturated rings. The maximum absolute atomic E-state index is 11.9. The minimum atomic E-state index is -1.02. The molecule has 2 heterocycles. The van der Waals surface area contributed by atoms with Crippen LogP contribution in [-0.2, 0) is 0 Å². The number of carbonyl (C=O) groups is 2. The van der Waals surface area contributed by atoms with Crippen LogP contribution in [0.5, 0.6) is 0 Å². The average Bonchev–Trinajstić information content (AvgIpc) is 2.87. The molecule has 0 atom stereocenters. The normalized spacial score (nSPS) is 10.8. The lowest BCUT2D eigenvalue weighted by Crippen LogP contribution is -1.94. The number of rotatable bonds is 4. The van der Waals surface area contributed by atoms with Crippen molar-refractivity contribution in [3.05, 3.63) is 57.6 Å². The molecule has 0 radical (unpaired) electrons. The second-order valence-electron chi connectivity index (χ2n) is 3.88. The van der Waals surface area contributed by atoms with E-state index in [1.165, 1.54) is 12.1 Å². The molecular weight excluding hydrogens is 262 g/mol. The molecule has 0 aliphatic carbocycles. The highest BCUT2D eigenvalue weighted by atomic mass is 32.1. The van der Waals surface area contributed by atoms with Gasteiger partial charge in [0.15, 0.2) is 5.78 Å². The zero-order valence-electron chi connectivity index (χ0n) is 10.2. The molecule has 19 heavy (non-hydrogen) atoms. The van der Waals surface area contributed by atoms with Crippen molar-refractivity contribution in [2.24, 2.45) is 0 Å². The first-order valence-corrected chi connectivity index (χ1v) is 6.42.